The van der Waals surface area contributed by atoms with E-state index in [2.05, 4.69) is 36.4 Å². The molecular formula is C10H14INO. The highest BCUT2D eigenvalue weighted by molar-refractivity contribution is 14.1. The van der Waals surface area contributed by atoms with Crippen LogP contribution < -0.4 is 10.5 Å². The van der Waals surface area contributed by atoms with Gasteiger partial charge in [-0.2, -0.15) is 0 Å². The largest absolute Gasteiger partial charge is 0.491 e. The molecule has 0 aliphatic rings. The van der Waals surface area contributed by atoms with Gasteiger partial charge in [0.25, 0.3) is 0 Å². The zero-order valence-corrected chi connectivity index (χ0v) is 10.0. The summed E-state index contributed by atoms with van der Waals surface area (Å²) in [5, 5.41) is 0. The molecule has 0 spiro atoms. The number of nitrogens with two attached hydrogens (primary N) is 1. The fourth-order valence-corrected chi connectivity index (χ4v) is 1.42. The molecule has 1 aromatic carbocycles. The molecule has 1 rings (SSSR count). The Morgan fingerprint density at radius 3 is 2.69 bits per heavy atom. The van der Waals surface area contributed by atoms with Crippen LogP contribution in [-0.2, 0) is 0 Å². The Kier molecular flexibility index (Phi) is 3.84. The van der Waals surface area contributed by atoms with Gasteiger partial charge in [0, 0.05) is 3.57 Å². The molecule has 0 saturated heterocycles. The zero-order valence-electron chi connectivity index (χ0n) is 7.88. The number of rotatable bonds is 3. The van der Waals surface area contributed by atoms with E-state index >= 15 is 0 Å². The van der Waals surface area contributed by atoms with Gasteiger partial charge in [0.15, 0.2) is 0 Å². The first-order chi connectivity index (χ1) is 6.09. The Bertz CT molecular complexity index is 286. The molecule has 1 aromatic rings. The minimum Gasteiger partial charge on any atom is -0.491 e. The molecule has 2 N–H and O–H groups in total. The molecule has 13 heavy (non-hydrogen) atoms. The lowest BCUT2D eigenvalue weighted by Gasteiger charge is -2.10. The minimum atomic E-state index is 0.527. The van der Waals surface area contributed by atoms with Crippen molar-refractivity contribution in [3.05, 3.63) is 21.8 Å². The van der Waals surface area contributed by atoms with E-state index in [1.807, 2.05) is 18.2 Å². The van der Waals surface area contributed by atoms with E-state index in [0.717, 1.165) is 9.32 Å². The summed E-state index contributed by atoms with van der Waals surface area (Å²) >= 11 is 2.23. The van der Waals surface area contributed by atoms with Crippen LogP contribution >= 0.6 is 22.6 Å². The predicted octanol–water partition coefficient (Wildman–Crippen LogP) is 2.91. The first kappa shape index (κ1) is 10.6. The second-order valence-electron chi connectivity index (χ2n) is 3.39. The smallest absolute Gasteiger partial charge is 0.142 e. The van der Waals surface area contributed by atoms with Crippen LogP contribution in [0.2, 0.25) is 0 Å². The van der Waals surface area contributed by atoms with Crippen LogP contribution in [0.15, 0.2) is 18.2 Å². The van der Waals surface area contributed by atoms with Crippen LogP contribution in [0.25, 0.3) is 0 Å². The Hall–Kier alpha value is -0.450. The molecule has 0 fully saturated rings. The maximum atomic E-state index is 5.78. The molecule has 3 heteroatoms. The van der Waals surface area contributed by atoms with Gasteiger partial charge in [0.1, 0.15) is 5.75 Å². The molecule has 0 radical (unpaired) electrons. The summed E-state index contributed by atoms with van der Waals surface area (Å²) in [5.74, 6) is 1.31. The standard InChI is InChI=1S/C10H14INO/c1-7(2)6-13-10-4-3-8(11)5-9(10)12/h3-5,7H,6,12H2,1-2H3. The van der Waals surface area contributed by atoms with E-state index in [1.165, 1.54) is 0 Å². The van der Waals surface area contributed by atoms with Crippen molar-refractivity contribution in [1.29, 1.82) is 0 Å². The first-order valence-electron chi connectivity index (χ1n) is 4.27. The Morgan fingerprint density at radius 1 is 1.46 bits per heavy atom. The highest BCUT2D eigenvalue weighted by Gasteiger charge is 2.01. The molecule has 0 aliphatic carbocycles. The Balaban J connectivity index is 2.67. The molecule has 72 valence electrons. The van der Waals surface area contributed by atoms with Crippen LogP contribution in [0.1, 0.15) is 13.8 Å². The number of nitrogen functional groups attached to an aromatic ring is 1. The van der Waals surface area contributed by atoms with E-state index < -0.39 is 0 Å². The van der Waals surface area contributed by atoms with Crippen molar-refractivity contribution in [2.45, 2.75) is 13.8 Å². The van der Waals surface area contributed by atoms with Crippen molar-refractivity contribution in [1.82, 2.24) is 0 Å². The van der Waals surface area contributed by atoms with Gasteiger partial charge < -0.3 is 10.5 Å². The highest BCUT2D eigenvalue weighted by atomic mass is 127. The average Bonchev–Trinajstić information content (AvgIpc) is 2.02. The van der Waals surface area contributed by atoms with Crippen molar-refractivity contribution in [2.24, 2.45) is 5.92 Å². The molecule has 0 aliphatic heterocycles. The van der Waals surface area contributed by atoms with Crippen molar-refractivity contribution < 1.29 is 4.74 Å². The van der Waals surface area contributed by atoms with Crippen LogP contribution in [0.3, 0.4) is 0 Å². The van der Waals surface area contributed by atoms with Crippen molar-refractivity contribution >= 4 is 28.3 Å². The molecular weight excluding hydrogens is 277 g/mol. The average molecular weight is 291 g/mol. The van der Waals surface area contributed by atoms with Gasteiger partial charge in [0.05, 0.1) is 12.3 Å². The fourth-order valence-electron chi connectivity index (χ4n) is 0.907. The third-order valence-electron chi connectivity index (χ3n) is 1.54. The number of hydrogen-bond acceptors (Lipinski definition) is 2. The molecule has 0 saturated carbocycles. The molecule has 0 aromatic heterocycles. The maximum Gasteiger partial charge on any atom is 0.142 e. The third-order valence-corrected chi connectivity index (χ3v) is 2.21. The quantitative estimate of drug-likeness (QED) is 0.686. The van der Waals surface area contributed by atoms with E-state index in [4.69, 9.17) is 10.5 Å². The Morgan fingerprint density at radius 2 is 2.15 bits per heavy atom. The van der Waals surface area contributed by atoms with Crippen molar-refractivity contribution in [3.8, 4) is 5.75 Å². The van der Waals surface area contributed by atoms with Gasteiger partial charge in [-0.05, 0) is 46.7 Å². The molecule has 0 bridgehead atoms. The number of anilines is 1. The first-order valence-corrected chi connectivity index (χ1v) is 5.35. The lowest BCUT2D eigenvalue weighted by molar-refractivity contribution is 0.272. The second-order valence-corrected chi connectivity index (χ2v) is 4.63. The van der Waals surface area contributed by atoms with Crippen LogP contribution in [0.4, 0.5) is 5.69 Å². The molecule has 0 unspecified atom stereocenters. The summed E-state index contributed by atoms with van der Waals surface area (Å²) in [7, 11) is 0. The third kappa shape index (κ3) is 3.42. The molecule has 0 heterocycles. The summed E-state index contributed by atoms with van der Waals surface area (Å²) in [5.41, 5.74) is 6.49. The van der Waals surface area contributed by atoms with Crippen LogP contribution in [-0.4, -0.2) is 6.61 Å². The van der Waals surface area contributed by atoms with E-state index in [9.17, 15) is 0 Å². The van der Waals surface area contributed by atoms with Crippen LogP contribution in [0.5, 0.6) is 5.75 Å². The summed E-state index contributed by atoms with van der Waals surface area (Å²) in [6.07, 6.45) is 0. The number of ether oxygens (including phenoxy) is 1. The molecule has 0 amide bonds. The summed E-state index contributed by atoms with van der Waals surface area (Å²) in [4.78, 5) is 0. The van der Waals surface area contributed by atoms with E-state index in [-0.39, 0.29) is 0 Å². The highest BCUT2D eigenvalue weighted by Crippen LogP contribution is 2.23. The van der Waals surface area contributed by atoms with Gasteiger partial charge >= 0.3 is 0 Å². The summed E-state index contributed by atoms with van der Waals surface area (Å²) in [6.45, 7) is 4.94. The zero-order chi connectivity index (χ0) is 9.84. The monoisotopic (exact) mass is 291 g/mol. The minimum absolute atomic E-state index is 0.527. The van der Waals surface area contributed by atoms with Crippen molar-refractivity contribution in [2.75, 3.05) is 12.3 Å². The van der Waals surface area contributed by atoms with E-state index in [1.54, 1.807) is 0 Å². The second kappa shape index (κ2) is 4.69. The fraction of sp³-hybridized carbons (Fsp3) is 0.400. The number of benzene rings is 1. The number of hydrogen-bond donors (Lipinski definition) is 1. The van der Waals surface area contributed by atoms with E-state index in [0.29, 0.717) is 18.2 Å². The maximum absolute atomic E-state index is 5.78. The number of halogens is 1. The lowest BCUT2D eigenvalue weighted by Crippen LogP contribution is -2.06. The van der Waals surface area contributed by atoms with Gasteiger partial charge in [-0.1, -0.05) is 13.8 Å². The van der Waals surface area contributed by atoms with Gasteiger partial charge in [-0.25, -0.2) is 0 Å². The topological polar surface area (TPSA) is 35.2 Å². The SMILES string of the molecule is CC(C)COc1ccc(I)cc1N. The molecule has 2 nitrogen and oxygen atoms in total. The Labute approximate surface area is 92.6 Å². The lowest BCUT2D eigenvalue weighted by atomic mass is 10.2. The summed E-state index contributed by atoms with van der Waals surface area (Å²) < 4.78 is 6.66. The molecule has 0 atom stereocenters. The predicted molar refractivity (Wildman–Crippen MR) is 63.9 cm³/mol. The normalized spacial score (nSPS) is 10.5. The van der Waals surface area contributed by atoms with Gasteiger partial charge in [-0.15, -0.1) is 0 Å². The van der Waals surface area contributed by atoms with Crippen LogP contribution in [0, 0.1) is 9.49 Å². The summed E-state index contributed by atoms with van der Waals surface area (Å²) in [6, 6.07) is 5.82. The van der Waals surface area contributed by atoms with Crippen molar-refractivity contribution in [3.63, 3.8) is 0 Å². The van der Waals surface area contributed by atoms with Gasteiger partial charge in [0.2, 0.25) is 0 Å². The van der Waals surface area contributed by atoms with Gasteiger partial charge in [-0.3, -0.25) is 0 Å².